The van der Waals surface area contributed by atoms with Gasteiger partial charge in [0.15, 0.2) is 11.6 Å². The predicted molar refractivity (Wildman–Crippen MR) is 212 cm³/mol. The van der Waals surface area contributed by atoms with Crippen molar-refractivity contribution in [2.75, 3.05) is 0 Å². The van der Waals surface area contributed by atoms with Crippen molar-refractivity contribution in [2.45, 2.75) is 23.9 Å². The van der Waals surface area contributed by atoms with Crippen molar-refractivity contribution in [1.29, 1.82) is 0 Å². The molecule has 0 fully saturated rings. The van der Waals surface area contributed by atoms with Crippen molar-refractivity contribution in [3.63, 3.8) is 0 Å². The maximum Gasteiger partial charge on any atom is 0.346 e. The molecule has 58 heavy (non-hydrogen) atoms. The fourth-order valence-electron chi connectivity index (χ4n) is 7.54. The molecule has 0 bridgehead atoms. The Bertz CT molecular complexity index is 2620. The molecule has 0 aliphatic carbocycles. The van der Waals surface area contributed by atoms with E-state index in [1.54, 1.807) is 36.4 Å². The lowest BCUT2D eigenvalue weighted by Gasteiger charge is -2.33. The highest BCUT2D eigenvalue weighted by molar-refractivity contribution is 6.13. The maximum atomic E-state index is 16.1. The molecule has 0 radical (unpaired) electrons. The van der Waals surface area contributed by atoms with Crippen molar-refractivity contribution >= 4 is 35.4 Å². The number of hydrogen-bond acceptors (Lipinski definition) is 5. The number of benzene rings is 6. The first-order valence-electron chi connectivity index (χ1n) is 18.2. The lowest BCUT2D eigenvalue weighted by atomic mass is 9.79. The number of aromatic carboxylic acids is 1. The number of urea groups is 2. The molecule has 12 heteroatoms. The zero-order chi connectivity index (χ0) is 40.3. The molecule has 4 unspecified atom stereocenters. The second-order valence-electron chi connectivity index (χ2n) is 13.7. The number of amides is 4. The first-order chi connectivity index (χ1) is 28.2. The van der Waals surface area contributed by atoms with E-state index >= 15 is 8.78 Å². The van der Waals surface area contributed by atoms with E-state index in [9.17, 15) is 24.3 Å². The van der Waals surface area contributed by atoms with Gasteiger partial charge in [0.2, 0.25) is 0 Å². The molecule has 4 amide bonds. The van der Waals surface area contributed by atoms with Gasteiger partial charge in [0.1, 0.15) is 11.4 Å². The van der Waals surface area contributed by atoms with Gasteiger partial charge in [-0.2, -0.15) is 9.98 Å². The molecule has 2 aliphatic rings. The normalized spacial score (nSPS) is 18.9. The van der Waals surface area contributed by atoms with Gasteiger partial charge >= 0.3 is 24.0 Å². The number of carboxylic acid groups (broad SMARTS) is 1. The van der Waals surface area contributed by atoms with Crippen LogP contribution in [0.25, 0.3) is 0 Å². The van der Waals surface area contributed by atoms with Crippen LogP contribution >= 0.6 is 0 Å². The number of halogens is 2. The zero-order valence-electron chi connectivity index (χ0n) is 30.4. The summed E-state index contributed by atoms with van der Waals surface area (Å²) in [5.74, 6) is -7.43. The molecule has 286 valence electrons. The van der Waals surface area contributed by atoms with Crippen molar-refractivity contribution in [1.82, 2.24) is 10.6 Å². The van der Waals surface area contributed by atoms with E-state index < -0.39 is 76.4 Å². The van der Waals surface area contributed by atoms with Crippen LogP contribution in [-0.2, 0) is 0 Å². The van der Waals surface area contributed by atoms with Crippen LogP contribution < -0.4 is 15.4 Å². The third-order valence-electron chi connectivity index (χ3n) is 10.1. The molecular weight excluding hydrogens is 743 g/mol. The Labute approximate surface area is 330 Å². The largest absolute Gasteiger partial charge is 0.478 e. The fourth-order valence-corrected chi connectivity index (χ4v) is 7.54. The van der Waals surface area contributed by atoms with Crippen LogP contribution in [0.1, 0.15) is 78.0 Å². The molecule has 2 aliphatic heterocycles. The molecule has 8 rings (SSSR count). The first kappa shape index (κ1) is 37.3. The fraction of sp³-hybridized carbons (Fsp3) is 0.0870. The minimum atomic E-state index is -1.63. The lowest BCUT2D eigenvalue weighted by molar-refractivity contribution is 0.0675. The van der Waals surface area contributed by atoms with Crippen molar-refractivity contribution in [3.05, 3.63) is 208 Å². The highest BCUT2D eigenvalue weighted by Gasteiger charge is 2.38. The molecule has 10 nitrogen and oxygen atoms in total. The van der Waals surface area contributed by atoms with Gasteiger partial charge in [0.25, 0.3) is 0 Å². The van der Waals surface area contributed by atoms with Crippen LogP contribution in [0.5, 0.6) is 5.75 Å². The molecule has 0 aromatic heterocycles. The summed E-state index contributed by atoms with van der Waals surface area (Å²) in [7, 11) is 0. The Morgan fingerprint density at radius 2 is 0.983 bits per heavy atom. The molecule has 2 heterocycles. The number of esters is 1. The summed E-state index contributed by atoms with van der Waals surface area (Å²) in [6, 6.07) is 39.0. The number of carbonyl (C=O) groups is 4. The molecule has 4 atom stereocenters. The van der Waals surface area contributed by atoms with Crippen molar-refractivity contribution in [2.24, 2.45) is 9.98 Å². The van der Waals surface area contributed by atoms with Crippen molar-refractivity contribution < 1.29 is 37.8 Å². The second kappa shape index (κ2) is 15.9. The average Bonchev–Trinajstić information content (AvgIpc) is 3.24. The number of hydrogen-bond donors (Lipinski definition) is 3. The molecule has 0 spiro atoms. The third kappa shape index (κ3) is 7.38. The summed E-state index contributed by atoms with van der Waals surface area (Å²) in [6.07, 6.45) is 0. The molecular formula is C46H32F2N4O6. The number of aliphatic imine (C=N–C) groups is 2. The van der Waals surface area contributed by atoms with E-state index in [2.05, 4.69) is 20.6 Å². The van der Waals surface area contributed by atoms with Crippen LogP contribution in [0.3, 0.4) is 0 Å². The summed E-state index contributed by atoms with van der Waals surface area (Å²) < 4.78 is 37.4. The van der Waals surface area contributed by atoms with E-state index in [-0.39, 0.29) is 5.56 Å². The van der Waals surface area contributed by atoms with E-state index in [4.69, 9.17) is 4.74 Å². The summed E-state index contributed by atoms with van der Waals surface area (Å²) in [5.41, 5.74) is 2.75. The number of rotatable bonds is 9. The van der Waals surface area contributed by atoms with E-state index in [0.29, 0.717) is 33.7 Å². The summed E-state index contributed by atoms with van der Waals surface area (Å²) in [6.45, 7) is 0. The van der Waals surface area contributed by atoms with Gasteiger partial charge in [-0.1, -0.05) is 127 Å². The SMILES string of the molecule is O=C1N=C(c2ccccc2)C(c2ccccc2)C(c2ccc(C(=O)Oc3c(F)cc(C4NC(=O)N=C(c5ccccc5)C4c4ccccc4)cc3C(=O)O)c(F)c2)N1. The molecule has 6 aromatic rings. The number of carbonyl (C=O) groups excluding carboxylic acids is 3. The number of ether oxygens (including phenoxy) is 1. The molecule has 0 saturated heterocycles. The topological polar surface area (TPSA) is 147 Å². The maximum absolute atomic E-state index is 16.1. The summed E-state index contributed by atoms with van der Waals surface area (Å²) in [4.78, 5) is 60.6. The van der Waals surface area contributed by atoms with E-state index in [0.717, 1.165) is 29.8 Å². The minimum Gasteiger partial charge on any atom is -0.478 e. The van der Waals surface area contributed by atoms with Crippen LogP contribution in [-0.4, -0.2) is 40.5 Å². The smallest absolute Gasteiger partial charge is 0.346 e. The molecule has 3 N–H and O–H groups in total. The number of nitrogens with zero attached hydrogens (tertiary/aromatic N) is 2. The number of carboxylic acids is 1. The Morgan fingerprint density at radius 3 is 1.45 bits per heavy atom. The zero-order valence-corrected chi connectivity index (χ0v) is 30.4. The highest BCUT2D eigenvalue weighted by atomic mass is 19.1. The predicted octanol–water partition coefficient (Wildman–Crippen LogP) is 8.96. The lowest BCUT2D eigenvalue weighted by Crippen LogP contribution is -2.40. The van der Waals surface area contributed by atoms with Gasteiger partial charge in [0.05, 0.1) is 40.9 Å². The Morgan fingerprint density at radius 1 is 0.534 bits per heavy atom. The Kier molecular flexibility index (Phi) is 10.2. The van der Waals surface area contributed by atoms with Gasteiger partial charge < -0.3 is 20.5 Å². The Balaban J connectivity index is 1.11. The van der Waals surface area contributed by atoms with Gasteiger partial charge in [0, 0.05) is 0 Å². The van der Waals surface area contributed by atoms with E-state index in [1.807, 2.05) is 84.9 Å². The minimum absolute atomic E-state index is 0.0664. The van der Waals surface area contributed by atoms with Crippen LogP contribution in [0, 0.1) is 11.6 Å². The van der Waals surface area contributed by atoms with Crippen LogP contribution in [0.15, 0.2) is 162 Å². The standard InChI is InChI=1S/C46H32F2N4O6/c47-34-24-30(40-36(26-13-5-1-6-14-26)38(49-45(56)51-40)28-17-9-3-10-18-28)21-22-32(34)44(55)58-42-33(43(53)54)23-31(25-35(42)48)41-37(27-15-7-2-8-16-27)39(50-46(57)52-41)29-19-11-4-12-20-29/h1-25,36-37,40-41H,(H,51,56)(H,52,57)(H,53,54). The monoisotopic (exact) mass is 774 g/mol. The van der Waals surface area contributed by atoms with Gasteiger partial charge in [-0.3, -0.25) is 0 Å². The van der Waals surface area contributed by atoms with Gasteiger partial charge in [-0.15, -0.1) is 0 Å². The molecule has 6 aromatic carbocycles. The quantitative estimate of drug-likeness (QED) is 0.0988. The van der Waals surface area contributed by atoms with Crippen LogP contribution in [0.4, 0.5) is 18.4 Å². The molecule has 0 saturated carbocycles. The highest BCUT2D eigenvalue weighted by Crippen LogP contribution is 2.41. The van der Waals surface area contributed by atoms with Gasteiger partial charge in [-0.05, 0) is 57.6 Å². The van der Waals surface area contributed by atoms with Crippen LogP contribution in [0.2, 0.25) is 0 Å². The average molecular weight is 775 g/mol. The van der Waals surface area contributed by atoms with Gasteiger partial charge in [-0.25, -0.2) is 28.0 Å². The van der Waals surface area contributed by atoms with E-state index in [1.165, 1.54) is 6.07 Å². The number of nitrogens with one attached hydrogen (secondary N) is 2. The Hall–Kier alpha value is -7.60. The summed E-state index contributed by atoms with van der Waals surface area (Å²) in [5, 5.41) is 15.8. The summed E-state index contributed by atoms with van der Waals surface area (Å²) >= 11 is 0. The first-order valence-corrected chi connectivity index (χ1v) is 18.2. The second-order valence-corrected chi connectivity index (χ2v) is 13.7. The van der Waals surface area contributed by atoms with Crippen molar-refractivity contribution in [3.8, 4) is 5.75 Å². The third-order valence-corrected chi connectivity index (χ3v) is 10.1.